The van der Waals surface area contributed by atoms with Crippen LogP contribution >= 0.6 is 34.9 Å². The third-order valence-electron chi connectivity index (χ3n) is 6.90. The number of β-lactam (4-membered cyclic amide) rings is 1. The summed E-state index contributed by atoms with van der Waals surface area (Å²) in [5, 5.41) is 4.15. The Kier molecular flexibility index (Phi) is 8.97. The quantitative estimate of drug-likeness (QED) is 0.164. The second-order valence-corrected chi connectivity index (χ2v) is 14.6. The number of aromatic nitrogens is 2. The number of thiazole rings is 1. The zero-order chi connectivity index (χ0) is 31.6. The lowest BCUT2D eigenvalue weighted by atomic mass is 10.0. The smallest absolute Gasteiger partial charge is 0.408 e. The van der Waals surface area contributed by atoms with Crippen LogP contribution < -0.4 is 5.32 Å². The molecular formula is C33H30N4O5S3. The molecule has 2 aromatic heterocycles. The van der Waals surface area contributed by atoms with Gasteiger partial charge in [0, 0.05) is 34.0 Å². The van der Waals surface area contributed by atoms with Crippen molar-refractivity contribution in [2.24, 2.45) is 0 Å². The Labute approximate surface area is 273 Å². The molecule has 1 saturated heterocycles. The number of benzene rings is 2. The summed E-state index contributed by atoms with van der Waals surface area (Å²) in [6.45, 7) is 5.27. The molecule has 230 valence electrons. The van der Waals surface area contributed by atoms with E-state index in [0.29, 0.717) is 10.7 Å². The standard InChI is InChI=1S/C33H30N4O5S3/c1-33(2,3)42-31(40)36-25-28(38)37-26(30(39)41-27(21-10-6-4-7-11-21)22-12-8-5-9-13-22)24(19-43-29(25)37)45-32-35-23(18-44-32)20-14-16-34-17-15-20/h4-18,25,27,29H,19H2,1-3H3,(H,36,40)/t25-,29-/m1/s1. The molecule has 2 atom stereocenters. The minimum absolute atomic E-state index is 0.161. The van der Waals surface area contributed by atoms with Crippen molar-refractivity contribution < 1.29 is 23.9 Å². The van der Waals surface area contributed by atoms with Gasteiger partial charge in [-0.15, -0.1) is 23.1 Å². The topological polar surface area (TPSA) is 111 Å². The fourth-order valence-electron chi connectivity index (χ4n) is 4.91. The van der Waals surface area contributed by atoms with E-state index in [1.54, 1.807) is 33.2 Å². The van der Waals surface area contributed by atoms with Crippen LogP contribution in [-0.2, 0) is 19.1 Å². The van der Waals surface area contributed by atoms with E-state index < -0.39 is 41.1 Å². The first-order valence-corrected chi connectivity index (χ1v) is 16.9. The Morgan fingerprint density at radius 1 is 1.00 bits per heavy atom. The Hall–Kier alpha value is -4.13. The van der Waals surface area contributed by atoms with E-state index >= 15 is 0 Å². The summed E-state index contributed by atoms with van der Waals surface area (Å²) in [6, 6.07) is 21.9. The molecule has 9 nitrogen and oxygen atoms in total. The van der Waals surface area contributed by atoms with Crippen molar-refractivity contribution >= 4 is 52.8 Å². The number of alkyl carbamates (subject to hydrolysis) is 1. The molecule has 0 spiro atoms. The van der Waals surface area contributed by atoms with Crippen LogP contribution in [0.3, 0.4) is 0 Å². The minimum Gasteiger partial charge on any atom is -0.448 e. The molecule has 1 fully saturated rings. The highest BCUT2D eigenvalue weighted by Crippen LogP contribution is 2.47. The molecular weight excluding hydrogens is 629 g/mol. The normalized spacial score (nSPS) is 17.9. The van der Waals surface area contributed by atoms with E-state index in [1.165, 1.54) is 39.8 Å². The zero-order valence-electron chi connectivity index (χ0n) is 24.7. The molecule has 2 aromatic carbocycles. The van der Waals surface area contributed by atoms with Crippen LogP contribution in [0.25, 0.3) is 11.3 Å². The van der Waals surface area contributed by atoms with Gasteiger partial charge >= 0.3 is 12.1 Å². The highest BCUT2D eigenvalue weighted by Gasteiger charge is 2.55. The average Bonchev–Trinajstić information content (AvgIpc) is 3.51. The van der Waals surface area contributed by atoms with Crippen molar-refractivity contribution in [2.45, 2.75) is 48.2 Å². The number of carbonyl (C=O) groups is 3. The molecule has 2 amide bonds. The van der Waals surface area contributed by atoms with Crippen LogP contribution in [0.5, 0.6) is 0 Å². The summed E-state index contributed by atoms with van der Waals surface area (Å²) in [5.74, 6) is -0.618. The lowest BCUT2D eigenvalue weighted by Crippen LogP contribution is -2.70. The number of nitrogens with zero attached hydrogens (tertiary/aromatic N) is 3. The van der Waals surface area contributed by atoms with Gasteiger partial charge < -0.3 is 14.8 Å². The lowest BCUT2D eigenvalue weighted by Gasteiger charge is -2.49. The number of thioether (sulfide) groups is 2. The third kappa shape index (κ3) is 6.92. The molecule has 0 aliphatic carbocycles. The van der Waals surface area contributed by atoms with E-state index in [-0.39, 0.29) is 5.70 Å². The van der Waals surface area contributed by atoms with E-state index in [1.807, 2.05) is 78.2 Å². The van der Waals surface area contributed by atoms with Gasteiger partial charge in [0.2, 0.25) is 0 Å². The predicted molar refractivity (Wildman–Crippen MR) is 175 cm³/mol. The molecule has 2 aliphatic heterocycles. The summed E-state index contributed by atoms with van der Waals surface area (Å²) >= 11 is 4.26. The SMILES string of the molecule is CC(C)(C)OC(=O)N[C@@H]1C(=O)N2C(C(=O)OC(c3ccccc3)c3ccccc3)=C(Sc3nc(-c4ccncc4)cs3)CS[C@H]12. The van der Waals surface area contributed by atoms with Crippen LogP contribution in [0, 0.1) is 0 Å². The van der Waals surface area contributed by atoms with E-state index in [0.717, 1.165) is 26.7 Å². The summed E-state index contributed by atoms with van der Waals surface area (Å²) < 4.78 is 12.3. The number of hydrogen-bond acceptors (Lipinski definition) is 10. The molecule has 4 aromatic rings. The molecule has 1 N–H and O–H groups in total. The highest BCUT2D eigenvalue weighted by atomic mass is 32.2. The van der Waals surface area contributed by atoms with Crippen molar-refractivity contribution in [3.63, 3.8) is 0 Å². The molecule has 0 saturated carbocycles. The van der Waals surface area contributed by atoms with Crippen LogP contribution in [0.2, 0.25) is 0 Å². The Balaban J connectivity index is 1.32. The van der Waals surface area contributed by atoms with Gasteiger partial charge in [-0.1, -0.05) is 72.4 Å². The van der Waals surface area contributed by atoms with E-state index in [2.05, 4.69) is 10.3 Å². The Morgan fingerprint density at radius 3 is 2.27 bits per heavy atom. The second-order valence-electron chi connectivity index (χ2n) is 11.2. The van der Waals surface area contributed by atoms with Crippen molar-refractivity contribution in [1.29, 1.82) is 0 Å². The first-order valence-electron chi connectivity index (χ1n) is 14.2. The molecule has 45 heavy (non-hydrogen) atoms. The Bertz CT molecular complexity index is 1690. The molecule has 6 rings (SSSR count). The number of carbonyl (C=O) groups excluding carboxylic acids is 3. The number of pyridine rings is 1. The summed E-state index contributed by atoms with van der Waals surface area (Å²) in [4.78, 5) is 51.3. The summed E-state index contributed by atoms with van der Waals surface area (Å²) in [7, 11) is 0. The minimum atomic E-state index is -0.837. The van der Waals surface area contributed by atoms with Crippen LogP contribution in [0.1, 0.15) is 38.0 Å². The largest absolute Gasteiger partial charge is 0.448 e. The number of rotatable bonds is 8. The molecule has 2 aliphatic rings. The summed E-state index contributed by atoms with van der Waals surface area (Å²) in [5.41, 5.74) is 2.77. The number of fused-ring (bicyclic) bond motifs is 1. The molecule has 12 heteroatoms. The molecule has 4 heterocycles. The first kappa shape index (κ1) is 30.9. The first-order chi connectivity index (χ1) is 21.7. The lowest BCUT2D eigenvalue weighted by molar-refractivity contribution is -0.153. The second kappa shape index (κ2) is 13.1. The Morgan fingerprint density at radius 2 is 1.64 bits per heavy atom. The van der Waals surface area contributed by atoms with Gasteiger partial charge in [-0.2, -0.15) is 0 Å². The van der Waals surface area contributed by atoms with Crippen molar-refractivity contribution in [3.8, 4) is 11.3 Å². The molecule has 0 bridgehead atoms. The van der Waals surface area contributed by atoms with Gasteiger partial charge in [-0.25, -0.2) is 14.6 Å². The van der Waals surface area contributed by atoms with Crippen LogP contribution in [0.4, 0.5) is 4.79 Å². The van der Waals surface area contributed by atoms with Crippen molar-refractivity contribution in [2.75, 3.05) is 5.75 Å². The monoisotopic (exact) mass is 658 g/mol. The van der Waals surface area contributed by atoms with E-state index in [9.17, 15) is 14.4 Å². The number of hydrogen-bond donors (Lipinski definition) is 1. The number of esters is 1. The van der Waals surface area contributed by atoms with E-state index in [4.69, 9.17) is 14.5 Å². The van der Waals surface area contributed by atoms with Crippen LogP contribution in [0.15, 0.2) is 106 Å². The maximum absolute atomic E-state index is 14.2. The third-order valence-corrected chi connectivity index (χ3v) is 10.4. The van der Waals surface area contributed by atoms with Gasteiger partial charge in [-0.3, -0.25) is 14.7 Å². The van der Waals surface area contributed by atoms with Gasteiger partial charge in [0.1, 0.15) is 22.7 Å². The summed E-state index contributed by atoms with van der Waals surface area (Å²) in [6.07, 6.45) is 2.04. The predicted octanol–water partition coefficient (Wildman–Crippen LogP) is 6.65. The number of ether oxygens (including phenoxy) is 2. The number of amides is 2. The zero-order valence-corrected chi connectivity index (χ0v) is 27.2. The highest BCUT2D eigenvalue weighted by molar-refractivity contribution is 8.07. The van der Waals surface area contributed by atoms with Crippen molar-refractivity contribution in [1.82, 2.24) is 20.2 Å². The fourth-order valence-corrected chi connectivity index (χ4v) is 8.36. The molecule has 0 unspecified atom stereocenters. The molecule has 0 radical (unpaired) electrons. The van der Waals surface area contributed by atoms with Crippen molar-refractivity contribution in [3.05, 3.63) is 112 Å². The van der Waals surface area contributed by atoms with Gasteiger partial charge in [0.05, 0.1) is 5.69 Å². The fraction of sp³-hybridized carbons (Fsp3) is 0.242. The average molecular weight is 659 g/mol. The maximum Gasteiger partial charge on any atom is 0.408 e. The van der Waals surface area contributed by atoms with Gasteiger partial charge in [-0.05, 0) is 44.0 Å². The van der Waals surface area contributed by atoms with Gasteiger partial charge in [0.15, 0.2) is 10.4 Å². The number of nitrogens with one attached hydrogen (secondary N) is 1. The van der Waals surface area contributed by atoms with Crippen LogP contribution in [-0.4, -0.2) is 55.6 Å². The van der Waals surface area contributed by atoms with Gasteiger partial charge in [0.25, 0.3) is 5.91 Å². The maximum atomic E-state index is 14.2.